The zero-order valence-corrected chi connectivity index (χ0v) is 13.4. The van der Waals surface area contributed by atoms with E-state index in [0.717, 1.165) is 40.5 Å². The van der Waals surface area contributed by atoms with Gasteiger partial charge in [0.15, 0.2) is 0 Å². The molecule has 1 fully saturated rings. The van der Waals surface area contributed by atoms with Crippen LogP contribution in [-0.4, -0.2) is 14.3 Å². The summed E-state index contributed by atoms with van der Waals surface area (Å²) in [6, 6.07) is 8.04. The molecular weight excluding hydrogens is 371 g/mol. The summed E-state index contributed by atoms with van der Waals surface area (Å²) in [5, 5.41) is 4.42. The summed E-state index contributed by atoms with van der Waals surface area (Å²) in [7, 11) is 0. The van der Waals surface area contributed by atoms with Crippen LogP contribution in [0.4, 0.5) is 13.2 Å². The Balaban J connectivity index is 1.94. The van der Waals surface area contributed by atoms with Crippen molar-refractivity contribution >= 4 is 26.8 Å². The van der Waals surface area contributed by atoms with Crippen LogP contribution in [0.15, 0.2) is 41.0 Å². The Labute approximate surface area is 141 Å². The van der Waals surface area contributed by atoms with E-state index < -0.39 is 18.4 Å². The van der Waals surface area contributed by atoms with Crippen LogP contribution in [0.1, 0.15) is 33.0 Å². The summed E-state index contributed by atoms with van der Waals surface area (Å²) in [4.78, 5) is 0. The van der Waals surface area contributed by atoms with E-state index in [1.165, 1.54) is 0 Å². The van der Waals surface area contributed by atoms with Crippen molar-refractivity contribution in [3.63, 3.8) is 0 Å². The van der Waals surface area contributed by atoms with E-state index in [0.29, 0.717) is 4.68 Å². The fraction of sp³-hybridized carbons (Fsp3) is 0.312. The second-order valence-corrected chi connectivity index (χ2v) is 6.49. The topological polar surface area (TPSA) is 22.8 Å². The van der Waals surface area contributed by atoms with Gasteiger partial charge in [-0.15, -0.1) is 0 Å². The molecule has 1 aliphatic carbocycles. The molecule has 0 aliphatic heterocycles. The molecule has 2 heterocycles. The molecule has 23 heavy (non-hydrogen) atoms. The lowest BCUT2D eigenvalue weighted by molar-refractivity contribution is -0.144. The average Bonchev–Trinajstić information content (AvgIpc) is 3.09. The molecule has 0 atom stereocenters. The predicted octanol–water partition coefficient (Wildman–Crippen LogP) is 5.00. The number of fused-ring (bicyclic) bond motifs is 1. The Morgan fingerprint density at radius 1 is 1.26 bits per heavy atom. The summed E-state index contributed by atoms with van der Waals surface area (Å²) < 4.78 is 59.6. The van der Waals surface area contributed by atoms with Gasteiger partial charge in [0, 0.05) is 33.3 Å². The van der Waals surface area contributed by atoms with Gasteiger partial charge >= 0.3 is 6.18 Å². The van der Waals surface area contributed by atoms with Gasteiger partial charge in [0.1, 0.15) is 5.69 Å². The first-order valence-electron chi connectivity index (χ1n) is 8.12. The number of rotatable bonds is 3. The first-order chi connectivity index (χ1) is 11.7. The minimum Gasteiger partial charge on any atom is -0.340 e. The normalized spacial score (nSPS) is 17.4. The minimum absolute atomic E-state index is 0.105. The molecule has 0 spiro atoms. The van der Waals surface area contributed by atoms with Gasteiger partial charge in [0.25, 0.3) is 0 Å². The molecule has 0 amide bonds. The largest absolute Gasteiger partial charge is 0.433 e. The van der Waals surface area contributed by atoms with Gasteiger partial charge in [-0.25, -0.2) is 0 Å². The van der Waals surface area contributed by atoms with Crippen molar-refractivity contribution in [1.29, 1.82) is 0 Å². The van der Waals surface area contributed by atoms with E-state index in [9.17, 15) is 13.2 Å². The van der Waals surface area contributed by atoms with Crippen LogP contribution >= 0.6 is 15.9 Å². The lowest BCUT2D eigenvalue weighted by Crippen LogP contribution is -2.16. The van der Waals surface area contributed by atoms with Gasteiger partial charge in [0.2, 0.25) is 0 Å². The maximum absolute atomic E-state index is 13.2. The molecule has 0 unspecified atom stereocenters. The molecule has 120 valence electrons. The molecule has 4 rings (SSSR count). The number of hydrogen-bond acceptors (Lipinski definition) is 1. The van der Waals surface area contributed by atoms with Gasteiger partial charge in [0.05, 0.1) is 9.24 Å². The van der Waals surface area contributed by atoms with Gasteiger partial charge < -0.3 is 4.57 Å². The van der Waals surface area contributed by atoms with Gasteiger partial charge in [-0.3, -0.25) is 4.68 Å². The molecule has 3 aromatic rings. The third-order valence-electron chi connectivity index (χ3n) is 3.87. The van der Waals surface area contributed by atoms with Crippen LogP contribution in [0.3, 0.4) is 0 Å². The summed E-state index contributed by atoms with van der Waals surface area (Å²) in [6.07, 6.45) is -1.94. The number of alkyl halides is 3. The number of aromatic nitrogens is 3. The maximum atomic E-state index is 13.2. The molecule has 1 aromatic carbocycles. The summed E-state index contributed by atoms with van der Waals surface area (Å²) in [5.74, 6) is 0. The molecule has 7 heteroatoms. The zero-order valence-electron chi connectivity index (χ0n) is 13.8. The predicted molar refractivity (Wildman–Crippen MR) is 84.2 cm³/mol. The highest BCUT2D eigenvalue weighted by atomic mass is 79.9. The maximum Gasteiger partial charge on any atom is 0.433 e. The Bertz CT molecular complexity index is 957. The molecule has 0 bridgehead atoms. The number of halogens is 4. The van der Waals surface area contributed by atoms with Crippen LogP contribution in [0, 0.1) is 0 Å². The molecule has 0 radical (unpaired) electrons. The lowest BCUT2D eigenvalue weighted by atomic mass is 10.2. The van der Waals surface area contributed by atoms with E-state index in [4.69, 9.17) is 2.74 Å². The fourth-order valence-corrected chi connectivity index (χ4v) is 3.11. The van der Waals surface area contributed by atoms with Crippen LogP contribution < -0.4 is 0 Å². The van der Waals surface area contributed by atoms with Crippen LogP contribution in [-0.2, 0) is 12.7 Å². The van der Waals surface area contributed by atoms with E-state index >= 15 is 0 Å². The van der Waals surface area contributed by atoms with Crippen molar-refractivity contribution in [3.8, 4) is 0 Å². The highest BCUT2D eigenvalue weighted by Crippen LogP contribution is 2.40. The second kappa shape index (κ2) is 5.12. The fourth-order valence-electron chi connectivity index (χ4n) is 2.73. The van der Waals surface area contributed by atoms with Gasteiger partial charge in [-0.05, 0) is 43.2 Å². The first kappa shape index (κ1) is 12.6. The van der Waals surface area contributed by atoms with E-state index in [-0.39, 0.29) is 11.7 Å². The van der Waals surface area contributed by atoms with Crippen molar-refractivity contribution in [2.75, 3.05) is 0 Å². The van der Waals surface area contributed by atoms with Crippen molar-refractivity contribution in [2.45, 2.75) is 31.6 Å². The Hall–Kier alpha value is -1.76. The molecule has 3 nitrogen and oxygen atoms in total. The van der Waals surface area contributed by atoms with Crippen LogP contribution in [0.2, 0.25) is 0 Å². The Kier molecular flexibility index (Phi) is 2.82. The Morgan fingerprint density at radius 3 is 2.74 bits per heavy atom. The molecule has 0 saturated heterocycles. The quantitative estimate of drug-likeness (QED) is 0.621. The summed E-state index contributed by atoms with van der Waals surface area (Å²) >= 11 is 3.38. The monoisotopic (exact) mass is 385 g/mol. The van der Waals surface area contributed by atoms with Crippen molar-refractivity contribution < 1.29 is 15.9 Å². The number of benzene rings is 1. The third kappa shape index (κ3) is 2.67. The van der Waals surface area contributed by atoms with Crippen LogP contribution in [0.5, 0.6) is 0 Å². The van der Waals surface area contributed by atoms with Crippen molar-refractivity contribution in [2.24, 2.45) is 0 Å². The highest BCUT2D eigenvalue weighted by Gasteiger charge is 2.35. The van der Waals surface area contributed by atoms with E-state index in [1.54, 1.807) is 6.07 Å². The molecular formula is C16H13BrF3N3. The van der Waals surface area contributed by atoms with Crippen molar-refractivity contribution in [3.05, 3.63) is 52.4 Å². The number of hydrogen-bond donors (Lipinski definition) is 0. The SMILES string of the molecule is [2H]C([2H])(c1cc2cc(Br)ccc2n1C1CC1)n1nccc1C(F)(F)F. The number of nitrogens with zero attached hydrogens (tertiary/aromatic N) is 3. The third-order valence-corrected chi connectivity index (χ3v) is 4.36. The Morgan fingerprint density at radius 2 is 2.04 bits per heavy atom. The van der Waals surface area contributed by atoms with Crippen molar-refractivity contribution in [1.82, 2.24) is 14.3 Å². The molecule has 0 N–H and O–H groups in total. The van der Waals surface area contributed by atoms with Gasteiger partial charge in [-0.1, -0.05) is 15.9 Å². The van der Waals surface area contributed by atoms with E-state index in [2.05, 4.69) is 21.0 Å². The van der Waals surface area contributed by atoms with Gasteiger partial charge in [-0.2, -0.15) is 18.3 Å². The minimum atomic E-state index is -4.68. The first-order valence-corrected chi connectivity index (χ1v) is 7.91. The second-order valence-electron chi connectivity index (χ2n) is 5.57. The standard InChI is InChI=1S/C16H13BrF3N3/c17-11-1-4-14-10(7-11)8-13(23(14)12-2-3-12)9-22-15(5-6-21-22)16(18,19)20/h1,4-8,12H,2-3,9H2/i9D2. The average molecular weight is 386 g/mol. The zero-order chi connectivity index (χ0) is 18.0. The van der Waals surface area contributed by atoms with E-state index in [1.807, 2.05) is 22.8 Å². The highest BCUT2D eigenvalue weighted by molar-refractivity contribution is 9.10. The van der Waals surface area contributed by atoms with Crippen LogP contribution in [0.25, 0.3) is 10.9 Å². The lowest BCUT2D eigenvalue weighted by Gasteiger charge is -2.13. The smallest absolute Gasteiger partial charge is 0.340 e. The molecule has 1 aliphatic rings. The molecule has 1 saturated carbocycles. The molecule has 2 aromatic heterocycles. The summed E-state index contributed by atoms with van der Waals surface area (Å²) in [5.41, 5.74) is -0.117. The summed E-state index contributed by atoms with van der Waals surface area (Å²) in [6.45, 7) is -2.43.